The normalized spacial score (nSPS) is 18.4. The minimum Gasteiger partial charge on any atom is -0.493 e. The first kappa shape index (κ1) is 32.1. The molecule has 11 nitrogen and oxygen atoms in total. The second kappa shape index (κ2) is 13.1. The zero-order chi connectivity index (χ0) is 33.4. The summed E-state index contributed by atoms with van der Waals surface area (Å²) in [6, 6.07) is 18.7. The summed E-state index contributed by atoms with van der Waals surface area (Å²) in [5, 5.41) is 2.38. The molecule has 3 aromatic carbocycles. The summed E-state index contributed by atoms with van der Waals surface area (Å²) in [4.78, 5) is 68.3. The number of anilines is 2. The molecule has 242 valence electrons. The van der Waals surface area contributed by atoms with Crippen molar-refractivity contribution in [2.75, 3.05) is 31.0 Å². The van der Waals surface area contributed by atoms with Crippen LogP contribution in [0.3, 0.4) is 0 Å². The average Bonchev–Trinajstić information content (AvgIpc) is 3.51. The maximum absolute atomic E-state index is 14.1. The summed E-state index contributed by atoms with van der Waals surface area (Å²) in [5.74, 6) is -2.24. The molecule has 2 aliphatic heterocycles. The molecule has 3 atom stereocenters. The van der Waals surface area contributed by atoms with Crippen LogP contribution in [0.15, 0.2) is 76.6 Å². The fraction of sp³-hybridized carbons (Fsp3) is 0.265. The number of fused-ring (bicyclic) bond motifs is 2. The van der Waals surface area contributed by atoms with Crippen LogP contribution in [0.1, 0.15) is 39.2 Å². The molecule has 4 aromatic rings. The Kier molecular flexibility index (Phi) is 8.93. The maximum Gasteiger partial charge on any atom is 0.338 e. The summed E-state index contributed by atoms with van der Waals surface area (Å²) in [7, 11) is 3.03. The third-order valence-electron chi connectivity index (χ3n) is 8.09. The van der Waals surface area contributed by atoms with Gasteiger partial charge in [0.25, 0.3) is 0 Å². The highest BCUT2D eigenvalue weighted by Gasteiger charge is 2.57. The molecule has 1 N–H and O–H groups in total. The number of carbonyl (C=O) groups excluding carboxylic acids is 4. The number of ether oxygens (including phenoxy) is 3. The number of thioether (sulfide) groups is 1. The third-order valence-corrected chi connectivity index (χ3v) is 10.7. The van der Waals surface area contributed by atoms with E-state index in [1.165, 1.54) is 23.7 Å². The van der Waals surface area contributed by atoms with Gasteiger partial charge in [-0.3, -0.25) is 23.7 Å². The predicted molar refractivity (Wildman–Crippen MR) is 178 cm³/mol. The van der Waals surface area contributed by atoms with Crippen molar-refractivity contribution in [2.45, 2.75) is 36.6 Å². The van der Waals surface area contributed by atoms with E-state index in [-0.39, 0.29) is 25.0 Å². The molecule has 2 aliphatic rings. The number of amides is 3. The minimum absolute atomic E-state index is 0.243. The Morgan fingerprint density at radius 2 is 1.60 bits per heavy atom. The summed E-state index contributed by atoms with van der Waals surface area (Å²) in [6.07, 6.45) is 0. The Bertz CT molecular complexity index is 1930. The van der Waals surface area contributed by atoms with E-state index < -0.39 is 33.8 Å². The fourth-order valence-corrected chi connectivity index (χ4v) is 8.63. The van der Waals surface area contributed by atoms with Crippen LogP contribution >= 0.6 is 23.1 Å². The first-order valence-electron chi connectivity index (χ1n) is 14.8. The Balaban J connectivity index is 1.37. The van der Waals surface area contributed by atoms with Gasteiger partial charge < -0.3 is 19.5 Å². The maximum atomic E-state index is 14.1. The van der Waals surface area contributed by atoms with Gasteiger partial charge in [0.2, 0.25) is 17.7 Å². The van der Waals surface area contributed by atoms with Gasteiger partial charge in [0.1, 0.15) is 11.8 Å². The van der Waals surface area contributed by atoms with Crippen molar-refractivity contribution in [3.63, 3.8) is 0 Å². The van der Waals surface area contributed by atoms with Crippen LogP contribution in [-0.4, -0.2) is 54.3 Å². The van der Waals surface area contributed by atoms with Gasteiger partial charge in [-0.2, -0.15) is 0 Å². The van der Waals surface area contributed by atoms with Crippen molar-refractivity contribution in [1.29, 1.82) is 0 Å². The fourth-order valence-electron chi connectivity index (χ4n) is 5.86. The Labute approximate surface area is 278 Å². The summed E-state index contributed by atoms with van der Waals surface area (Å²) < 4.78 is 17.3. The van der Waals surface area contributed by atoms with E-state index in [0.717, 1.165) is 28.7 Å². The van der Waals surface area contributed by atoms with Gasteiger partial charge in [0.05, 0.1) is 43.0 Å². The smallest absolute Gasteiger partial charge is 0.338 e. The molecule has 3 unspecified atom stereocenters. The highest BCUT2D eigenvalue weighted by Crippen LogP contribution is 2.54. The molecular weight excluding hydrogens is 643 g/mol. The van der Waals surface area contributed by atoms with Gasteiger partial charge in [-0.25, -0.2) is 9.69 Å². The lowest BCUT2D eigenvalue weighted by Crippen LogP contribution is -2.33. The number of imide groups is 1. The molecule has 0 spiro atoms. The average molecular weight is 674 g/mol. The quantitative estimate of drug-likeness (QED) is 0.196. The SMILES string of the molecule is CCOC(=O)c1ccc(NC(=O)Cn2c3c(sc2=O)C(c2ccc(OC)c(OC)c2)C2C(=O)N(c4ccc(C)cc4)C(=O)C2S3)cc1. The standard InChI is InChI=1S/C34H31N3O8S2/c1-5-45-33(41)19-8-11-21(12-9-19)35-25(38)17-36-32-29(47-34(36)42)26(20-10-15-23(43-3)24(16-20)44-4)27-28(46-32)31(40)37(30(27)39)22-13-6-18(2)7-14-22/h6-16,26-28H,5,17H2,1-4H3,(H,35,38). The first-order chi connectivity index (χ1) is 22.6. The van der Waals surface area contributed by atoms with E-state index >= 15 is 0 Å². The molecule has 1 aromatic heterocycles. The van der Waals surface area contributed by atoms with Crippen LogP contribution in [0.5, 0.6) is 11.5 Å². The minimum atomic E-state index is -0.840. The largest absolute Gasteiger partial charge is 0.493 e. The number of hydrogen-bond acceptors (Lipinski definition) is 10. The lowest BCUT2D eigenvalue weighted by molar-refractivity contribution is -0.122. The lowest BCUT2D eigenvalue weighted by atomic mass is 9.83. The zero-order valence-electron chi connectivity index (χ0n) is 26.0. The van der Waals surface area contributed by atoms with E-state index in [1.807, 2.05) is 19.1 Å². The van der Waals surface area contributed by atoms with E-state index in [2.05, 4.69) is 5.32 Å². The van der Waals surface area contributed by atoms with Crippen LogP contribution in [0.4, 0.5) is 11.4 Å². The monoisotopic (exact) mass is 673 g/mol. The molecule has 0 saturated carbocycles. The Morgan fingerprint density at radius 3 is 2.26 bits per heavy atom. The molecule has 0 aliphatic carbocycles. The number of methoxy groups -OCH3 is 2. The molecule has 1 saturated heterocycles. The van der Waals surface area contributed by atoms with Gasteiger partial charge in [0.15, 0.2) is 11.5 Å². The molecule has 1 fully saturated rings. The molecule has 13 heteroatoms. The van der Waals surface area contributed by atoms with E-state index in [4.69, 9.17) is 14.2 Å². The topological polar surface area (TPSA) is 133 Å². The summed E-state index contributed by atoms with van der Waals surface area (Å²) >= 11 is 2.09. The van der Waals surface area contributed by atoms with Crippen molar-refractivity contribution in [3.05, 3.63) is 98.0 Å². The van der Waals surface area contributed by atoms with Crippen molar-refractivity contribution < 1.29 is 33.4 Å². The molecule has 0 bridgehead atoms. The van der Waals surface area contributed by atoms with Crippen molar-refractivity contribution in [2.24, 2.45) is 5.92 Å². The predicted octanol–water partition coefficient (Wildman–Crippen LogP) is 4.85. The highest BCUT2D eigenvalue weighted by molar-refractivity contribution is 8.00. The van der Waals surface area contributed by atoms with Gasteiger partial charge in [0, 0.05) is 16.5 Å². The summed E-state index contributed by atoms with van der Waals surface area (Å²) in [6.45, 7) is 3.56. The van der Waals surface area contributed by atoms with Crippen LogP contribution in [0.25, 0.3) is 0 Å². The van der Waals surface area contributed by atoms with E-state index in [0.29, 0.717) is 43.9 Å². The highest BCUT2D eigenvalue weighted by atomic mass is 32.2. The Morgan fingerprint density at radius 1 is 0.894 bits per heavy atom. The van der Waals surface area contributed by atoms with Crippen LogP contribution in [0.2, 0.25) is 0 Å². The number of rotatable bonds is 9. The van der Waals surface area contributed by atoms with Crippen molar-refractivity contribution >= 4 is 58.2 Å². The number of carbonyl (C=O) groups is 4. The van der Waals surface area contributed by atoms with Gasteiger partial charge in [-0.1, -0.05) is 46.9 Å². The molecule has 3 heterocycles. The van der Waals surface area contributed by atoms with Crippen LogP contribution < -0.4 is 24.6 Å². The third kappa shape index (κ3) is 5.92. The van der Waals surface area contributed by atoms with E-state index in [1.54, 1.807) is 61.5 Å². The molecule has 6 rings (SSSR count). The molecule has 3 amide bonds. The van der Waals surface area contributed by atoms with Crippen molar-refractivity contribution in [3.8, 4) is 11.5 Å². The zero-order valence-corrected chi connectivity index (χ0v) is 27.6. The summed E-state index contributed by atoms with van der Waals surface area (Å²) in [5.41, 5.74) is 2.91. The number of nitrogens with zero attached hydrogens (tertiary/aromatic N) is 2. The van der Waals surface area contributed by atoms with Gasteiger partial charge in [-0.15, -0.1) is 0 Å². The number of nitrogens with one attached hydrogen (secondary N) is 1. The molecule has 47 heavy (non-hydrogen) atoms. The number of hydrogen-bond donors (Lipinski definition) is 1. The van der Waals surface area contributed by atoms with E-state index in [9.17, 15) is 24.0 Å². The first-order valence-corrected chi connectivity index (χ1v) is 16.5. The number of benzene rings is 3. The Hall–Kier alpha value is -4.88. The van der Waals surface area contributed by atoms with Crippen LogP contribution in [0, 0.1) is 12.8 Å². The molecule has 0 radical (unpaired) electrons. The van der Waals surface area contributed by atoms with Gasteiger partial charge >= 0.3 is 10.8 Å². The number of aromatic nitrogens is 1. The second-order valence-corrected chi connectivity index (χ2v) is 13.1. The van der Waals surface area contributed by atoms with Crippen molar-refractivity contribution in [1.82, 2.24) is 4.57 Å². The van der Waals surface area contributed by atoms with Gasteiger partial charge in [-0.05, 0) is 67.9 Å². The number of thiazole rings is 1. The number of aryl methyl sites for hydroxylation is 1. The number of esters is 1. The van der Waals surface area contributed by atoms with Crippen LogP contribution in [-0.2, 0) is 25.7 Å². The second-order valence-electron chi connectivity index (χ2n) is 11.0. The molecular formula is C34H31N3O8S2. The lowest BCUT2D eigenvalue weighted by Gasteiger charge is -2.31.